The standard InChI is InChI=1S/C25H22N2O4/c1-15-5-6-19(12-16(15)2)23(29)21-22(18-7-9-20(28)10-8-18)27(25(31)24(21)30)14-17-4-3-11-26-13-17/h3-13,22,28-29H,14H2,1-2H3/b23-21-. The maximum Gasteiger partial charge on any atom is 0.295 e. The first kappa shape index (κ1) is 20.3. The number of pyridine rings is 1. The topological polar surface area (TPSA) is 90.7 Å². The summed E-state index contributed by atoms with van der Waals surface area (Å²) in [5, 5.41) is 20.8. The van der Waals surface area contributed by atoms with Crippen LogP contribution in [0.25, 0.3) is 5.76 Å². The van der Waals surface area contributed by atoms with Gasteiger partial charge in [0.15, 0.2) is 0 Å². The number of rotatable bonds is 4. The van der Waals surface area contributed by atoms with E-state index in [4.69, 9.17) is 0 Å². The minimum atomic E-state index is -0.789. The van der Waals surface area contributed by atoms with Gasteiger partial charge in [0, 0.05) is 24.5 Å². The van der Waals surface area contributed by atoms with Gasteiger partial charge in [0.05, 0.1) is 11.6 Å². The third-order valence-corrected chi connectivity index (χ3v) is 5.60. The molecule has 3 aromatic rings. The normalized spacial score (nSPS) is 17.9. The number of phenolic OH excluding ortho intramolecular Hbond substituents is 1. The number of aryl methyl sites for hydroxylation is 2. The Hall–Kier alpha value is -3.93. The molecule has 0 spiro atoms. The largest absolute Gasteiger partial charge is 0.508 e. The molecule has 4 rings (SSSR count). The molecule has 6 heteroatoms. The molecule has 1 aliphatic heterocycles. The molecule has 1 aromatic heterocycles. The number of aromatic hydroxyl groups is 1. The number of likely N-dealkylation sites (tertiary alicyclic amines) is 1. The molecule has 2 N–H and O–H groups in total. The highest BCUT2D eigenvalue weighted by atomic mass is 16.3. The Balaban J connectivity index is 1.87. The van der Waals surface area contributed by atoms with Crippen LogP contribution in [-0.2, 0) is 16.1 Å². The number of hydrogen-bond donors (Lipinski definition) is 2. The van der Waals surface area contributed by atoms with Crippen LogP contribution in [-0.4, -0.2) is 31.8 Å². The molecule has 1 aliphatic rings. The number of nitrogens with zero attached hydrogens (tertiary/aromatic N) is 2. The molecule has 156 valence electrons. The number of Topliss-reactive ketones (excluding diaryl/α,β-unsaturated/α-hetero) is 1. The summed E-state index contributed by atoms with van der Waals surface area (Å²) in [6, 6.07) is 14.5. The van der Waals surface area contributed by atoms with E-state index in [-0.39, 0.29) is 23.6 Å². The van der Waals surface area contributed by atoms with Crippen molar-refractivity contribution in [1.82, 2.24) is 9.88 Å². The van der Waals surface area contributed by atoms with E-state index < -0.39 is 17.7 Å². The van der Waals surface area contributed by atoms with Crippen molar-refractivity contribution in [3.8, 4) is 5.75 Å². The first-order chi connectivity index (χ1) is 14.9. The molecule has 1 fully saturated rings. The number of aliphatic hydroxyl groups is 1. The van der Waals surface area contributed by atoms with Crippen molar-refractivity contribution in [3.05, 3.63) is 100 Å². The number of ketones is 1. The molecule has 2 aromatic carbocycles. The van der Waals surface area contributed by atoms with Gasteiger partial charge >= 0.3 is 0 Å². The first-order valence-electron chi connectivity index (χ1n) is 9.90. The molecule has 1 atom stereocenters. The van der Waals surface area contributed by atoms with Crippen LogP contribution in [0.1, 0.15) is 33.9 Å². The van der Waals surface area contributed by atoms with E-state index in [1.807, 2.05) is 26.0 Å². The van der Waals surface area contributed by atoms with Crippen molar-refractivity contribution >= 4 is 17.4 Å². The van der Waals surface area contributed by atoms with Gasteiger partial charge in [-0.1, -0.05) is 30.3 Å². The quantitative estimate of drug-likeness (QED) is 0.382. The van der Waals surface area contributed by atoms with Gasteiger partial charge in [0.25, 0.3) is 11.7 Å². The van der Waals surface area contributed by atoms with Crippen molar-refractivity contribution in [2.24, 2.45) is 0 Å². The highest BCUT2D eigenvalue weighted by Gasteiger charge is 2.46. The second kappa shape index (κ2) is 8.07. The number of aromatic nitrogens is 1. The van der Waals surface area contributed by atoms with Gasteiger partial charge in [-0.15, -0.1) is 0 Å². The zero-order valence-corrected chi connectivity index (χ0v) is 17.2. The van der Waals surface area contributed by atoms with Crippen LogP contribution < -0.4 is 0 Å². The summed E-state index contributed by atoms with van der Waals surface area (Å²) in [7, 11) is 0. The molecule has 1 saturated heterocycles. The number of carbonyl (C=O) groups excluding carboxylic acids is 2. The van der Waals surface area contributed by atoms with E-state index >= 15 is 0 Å². The molecular formula is C25H22N2O4. The first-order valence-corrected chi connectivity index (χ1v) is 9.90. The Morgan fingerprint density at radius 3 is 2.42 bits per heavy atom. The maximum absolute atomic E-state index is 13.0. The van der Waals surface area contributed by atoms with E-state index in [0.717, 1.165) is 16.7 Å². The zero-order chi connectivity index (χ0) is 22.1. The fraction of sp³-hybridized carbons (Fsp3) is 0.160. The number of benzene rings is 2. The molecule has 31 heavy (non-hydrogen) atoms. The van der Waals surface area contributed by atoms with Gasteiger partial charge in [-0.05, 0) is 60.4 Å². The average Bonchev–Trinajstić information content (AvgIpc) is 3.01. The van der Waals surface area contributed by atoms with Gasteiger partial charge in [0.2, 0.25) is 0 Å². The predicted molar refractivity (Wildman–Crippen MR) is 116 cm³/mol. The smallest absolute Gasteiger partial charge is 0.295 e. The van der Waals surface area contributed by atoms with Crippen molar-refractivity contribution in [2.75, 3.05) is 0 Å². The number of hydrogen-bond acceptors (Lipinski definition) is 5. The third-order valence-electron chi connectivity index (χ3n) is 5.60. The minimum absolute atomic E-state index is 0.0304. The van der Waals surface area contributed by atoms with Crippen LogP contribution >= 0.6 is 0 Å². The van der Waals surface area contributed by atoms with Crippen LogP contribution in [0.2, 0.25) is 0 Å². The summed E-state index contributed by atoms with van der Waals surface area (Å²) in [4.78, 5) is 31.5. The number of aliphatic hydroxyl groups excluding tert-OH is 1. The summed E-state index contributed by atoms with van der Waals surface area (Å²) in [5.41, 5.74) is 3.91. The van der Waals surface area contributed by atoms with Gasteiger partial charge in [-0.3, -0.25) is 14.6 Å². The fourth-order valence-corrected chi connectivity index (χ4v) is 3.78. The molecule has 1 amide bonds. The predicted octanol–water partition coefficient (Wildman–Crippen LogP) is 4.03. The Labute approximate surface area is 180 Å². The zero-order valence-electron chi connectivity index (χ0n) is 17.2. The summed E-state index contributed by atoms with van der Waals surface area (Å²) < 4.78 is 0. The highest BCUT2D eigenvalue weighted by Crippen LogP contribution is 2.40. The van der Waals surface area contributed by atoms with E-state index in [2.05, 4.69) is 4.98 Å². The summed E-state index contributed by atoms with van der Waals surface area (Å²) >= 11 is 0. The minimum Gasteiger partial charge on any atom is -0.508 e. The number of phenols is 1. The lowest BCUT2D eigenvalue weighted by molar-refractivity contribution is -0.140. The van der Waals surface area contributed by atoms with Gasteiger partial charge in [0.1, 0.15) is 11.5 Å². The Morgan fingerprint density at radius 1 is 1.03 bits per heavy atom. The van der Waals surface area contributed by atoms with E-state index in [1.54, 1.807) is 42.7 Å². The lowest BCUT2D eigenvalue weighted by Crippen LogP contribution is -2.29. The van der Waals surface area contributed by atoms with Crippen LogP contribution in [0, 0.1) is 13.8 Å². The van der Waals surface area contributed by atoms with Crippen LogP contribution in [0.4, 0.5) is 0 Å². The average molecular weight is 414 g/mol. The van der Waals surface area contributed by atoms with E-state index in [9.17, 15) is 19.8 Å². The number of amides is 1. The molecule has 0 bridgehead atoms. The maximum atomic E-state index is 13.0. The summed E-state index contributed by atoms with van der Waals surface area (Å²) in [6.07, 6.45) is 3.27. The molecule has 2 heterocycles. The summed E-state index contributed by atoms with van der Waals surface area (Å²) in [6.45, 7) is 4.04. The van der Waals surface area contributed by atoms with Crippen molar-refractivity contribution in [1.29, 1.82) is 0 Å². The molecular weight excluding hydrogens is 392 g/mol. The molecule has 0 saturated carbocycles. The lowest BCUT2D eigenvalue weighted by atomic mass is 9.94. The van der Waals surface area contributed by atoms with Crippen molar-refractivity contribution < 1.29 is 19.8 Å². The van der Waals surface area contributed by atoms with Crippen LogP contribution in [0.15, 0.2) is 72.6 Å². The highest BCUT2D eigenvalue weighted by molar-refractivity contribution is 6.46. The monoisotopic (exact) mass is 414 g/mol. The molecule has 0 radical (unpaired) electrons. The van der Waals surface area contributed by atoms with Gasteiger partial charge in [-0.2, -0.15) is 0 Å². The third kappa shape index (κ3) is 3.80. The Bertz CT molecular complexity index is 1180. The second-order valence-corrected chi connectivity index (χ2v) is 7.68. The SMILES string of the molecule is Cc1ccc(/C(O)=C2/C(=O)C(=O)N(Cc3cccnc3)C2c2ccc(O)cc2)cc1C. The van der Waals surface area contributed by atoms with Crippen molar-refractivity contribution in [3.63, 3.8) is 0 Å². The Morgan fingerprint density at radius 2 is 1.77 bits per heavy atom. The molecule has 6 nitrogen and oxygen atoms in total. The van der Waals surface area contributed by atoms with E-state index in [0.29, 0.717) is 11.1 Å². The van der Waals surface area contributed by atoms with Crippen molar-refractivity contribution in [2.45, 2.75) is 26.4 Å². The lowest BCUT2D eigenvalue weighted by Gasteiger charge is -2.25. The molecule has 0 aliphatic carbocycles. The fourth-order valence-electron chi connectivity index (χ4n) is 3.78. The van der Waals surface area contributed by atoms with Crippen LogP contribution in [0.5, 0.6) is 5.75 Å². The van der Waals surface area contributed by atoms with E-state index in [1.165, 1.54) is 17.0 Å². The van der Waals surface area contributed by atoms with Gasteiger partial charge < -0.3 is 15.1 Å². The van der Waals surface area contributed by atoms with Gasteiger partial charge in [-0.25, -0.2) is 0 Å². The Kier molecular flexibility index (Phi) is 5.29. The number of carbonyl (C=O) groups is 2. The second-order valence-electron chi connectivity index (χ2n) is 7.68. The summed E-state index contributed by atoms with van der Waals surface area (Å²) in [5.74, 6) is -1.57. The molecule has 1 unspecified atom stereocenters. The van der Waals surface area contributed by atoms with Crippen LogP contribution in [0.3, 0.4) is 0 Å².